The molecule has 1 aromatic rings. The Bertz CT molecular complexity index is 939. The van der Waals surface area contributed by atoms with Gasteiger partial charge in [-0.25, -0.2) is 8.93 Å². The van der Waals surface area contributed by atoms with Crippen molar-refractivity contribution in [2.75, 3.05) is 34.2 Å². The van der Waals surface area contributed by atoms with E-state index in [4.69, 9.17) is 23.4 Å². The second-order valence-corrected chi connectivity index (χ2v) is 19.8. The summed E-state index contributed by atoms with van der Waals surface area (Å²) in [6, 6.07) is 7.74. The molecule has 1 rings (SSSR count). The van der Waals surface area contributed by atoms with Gasteiger partial charge < -0.3 is 23.4 Å². The van der Waals surface area contributed by atoms with Gasteiger partial charge in [0.2, 0.25) is 0 Å². The van der Waals surface area contributed by atoms with Gasteiger partial charge >= 0.3 is 0 Å². The number of ether oxygens (including phenoxy) is 4. The lowest BCUT2D eigenvalue weighted by atomic mass is 9.84. The van der Waals surface area contributed by atoms with Gasteiger partial charge in [-0.1, -0.05) is 45.6 Å². The molecule has 7 nitrogen and oxygen atoms in total. The van der Waals surface area contributed by atoms with E-state index in [1.54, 1.807) is 14.2 Å². The standard InChI is InChI=1S/C32H57NO6SSi/c1-13-15-29(33-40(34)31(3,4)5)28(16-14-21-37-23-26-17-19-27(36-10)20-18-26)30(38-24-35-9)25(2)22-39-41(11,12)32(6,7)8/h13,17-20,28-30,33H,1-2,14-16,21-24H2,3-12H3/t28-,29+,30-,40?/m0/s1. The van der Waals surface area contributed by atoms with Gasteiger partial charge in [-0.3, -0.25) is 0 Å². The minimum Gasteiger partial charge on any atom is -0.497 e. The third-order valence-electron chi connectivity index (χ3n) is 7.59. The van der Waals surface area contributed by atoms with Crippen LogP contribution in [0.3, 0.4) is 0 Å². The number of benzene rings is 1. The quantitative estimate of drug-likeness (QED) is 0.0729. The maximum atomic E-state index is 13.2. The van der Waals surface area contributed by atoms with Crippen LogP contribution in [0.15, 0.2) is 49.1 Å². The van der Waals surface area contributed by atoms with Crippen LogP contribution in [0.25, 0.3) is 0 Å². The zero-order valence-corrected chi connectivity index (χ0v) is 29.2. The molecular weight excluding hydrogens is 555 g/mol. The molecule has 1 aromatic carbocycles. The second kappa shape index (κ2) is 17.7. The van der Waals surface area contributed by atoms with Crippen LogP contribution < -0.4 is 9.46 Å². The average molecular weight is 612 g/mol. The molecule has 0 aliphatic carbocycles. The number of rotatable bonds is 20. The Morgan fingerprint density at radius 2 is 1.73 bits per heavy atom. The van der Waals surface area contributed by atoms with E-state index in [1.165, 1.54) is 0 Å². The highest BCUT2D eigenvalue weighted by molar-refractivity contribution is 7.84. The maximum Gasteiger partial charge on any atom is 0.192 e. The molecule has 9 heteroatoms. The Hall–Kier alpha value is -1.33. The molecule has 1 unspecified atom stereocenters. The first-order valence-electron chi connectivity index (χ1n) is 14.5. The molecule has 0 bridgehead atoms. The summed E-state index contributed by atoms with van der Waals surface area (Å²) in [6.07, 6.45) is 3.69. The van der Waals surface area contributed by atoms with Gasteiger partial charge in [0, 0.05) is 25.7 Å². The summed E-state index contributed by atoms with van der Waals surface area (Å²) in [4.78, 5) is 0. The molecule has 4 atom stereocenters. The predicted molar refractivity (Wildman–Crippen MR) is 174 cm³/mol. The fourth-order valence-electron chi connectivity index (χ4n) is 3.96. The SMILES string of the molecule is C=CC[C@@H](NS(=O)C(C)(C)C)[C@H](CCCOCc1ccc(OC)cc1)[C@@H](OCOC)C(=C)CO[Si](C)(C)C(C)(C)C. The van der Waals surface area contributed by atoms with Crippen LogP contribution in [0.2, 0.25) is 18.1 Å². The van der Waals surface area contributed by atoms with E-state index in [1.807, 2.05) is 51.1 Å². The van der Waals surface area contributed by atoms with E-state index >= 15 is 0 Å². The van der Waals surface area contributed by atoms with Gasteiger partial charge in [-0.05, 0) is 81.4 Å². The lowest BCUT2D eigenvalue weighted by molar-refractivity contribution is -0.0849. The Balaban J connectivity index is 3.14. The van der Waals surface area contributed by atoms with Crippen LogP contribution >= 0.6 is 0 Å². The molecule has 0 aliphatic heterocycles. The summed E-state index contributed by atoms with van der Waals surface area (Å²) in [5.74, 6) is 0.763. The zero-order valence-electron chi connectivity index (χ0n) is 27.3. The fraction of sp³-hybridized carbons (Fsp3) is 0.688. The molecule has 0 fully saturated rings. The molecule has 41 heavy (non-hydrogen) atoms. The molecule has 0 saturated heterocycles. The molecule has 236 valence electrons. The topological polar surface area (TPSA) is 75.3 Å². The third-order valence-corrected chi connectivity index (χ3v) is 13.7. The van der Waals surface area contributed by atoms with Gasteiger partial charge in [0.05, 0.1) is 42.2 Å². The van der Waals surface area contributed by atoms with Crippen LogP contribution in [-0.4, -0.2) is 63.6 Å². The van der Waals surface area contributed by atoms with Crippen LogP contribution in [0.4, 0.5) is 0 Å². The molecule has 0 aromatic heterocycles. The number of nitrogens with one attached hydrogen (secondary N) is 1. The Labute approximate surface area is 254 Å². The van der Waals surface area contributed by atoms with E-state index < -0.39 is 24.1 Å². The summed E-state index contributed by atoms with van der Waals surface area (Å²) in [5, 5.41) is 0.0767. The summed E-state index contributed by atoms with van der Waals surface area (Å²) >= 11 is 0. The van der Waals surface area contributed by atoms with E-state index in [9.17, 15) is 4.21 Å². The first kappa shape index (κ1) is 37.7. The first-order valence-corrected chi connectivity index (χ1v) is 18.5. The Morgan fingerprint density at radius 1 is 1.10 bits per heavy atom. The van der Waals surface area contributed by atoms with Gasteiger partial charge in [-0.15, -0.1) is 6.58 Å². The van der Waals surface area contributed by atoms with Gasteiger partial charge in [0.15, 0.2) is 8.32 Å². The van der Waals surface area contributed by atoms with E-state index in [0.29, 0.717) is 26.2 Å². The molecular formula is C32H57NO6SSi. The van der Waals surface area contributed by atoms with Crippen LogP contribution in [0.1, 0.15) is 66.4 Å². The van der Waals surface area contributed by atoms with E-state index in [-0.39, 0.29) is 29.9 Å². The number of hydrogen-bond acceptors (Lipinski definition) is 6. The highest BCUT2D eigenvalue weighted by atomic mass is 32.2. The molecule has 0 amide bonds. The summed E-state index contributed by atoms with van der Waals surface area (Å²) in [5.41, 5.74) is 1.94. The predicted octanol–water partition coefficient (Wildman–Crippen LogP) is 7.17. The van der Waals surface area contributed by atoms with Crippen LogP contribution in [0, 0.1) is 5.92 Å². The Kier molecular flexibility index (Phi) is 16.3. The van der Waals surface area contributed by atoms with Crippen LogP contribution in [0.5, 0.6) is 5.75 Å². The van der Waals surface area contributed by atoms with Crippen molar-refractivity contribution in [2.24, 2.45) is 5.92 Å². The lowest BCUT2D eigenvalue weighted by Gasteiger charge is -2.39. The van der Waals surface area contributed by atoms with Crippen molar-refractivity contribution in [1.82, 2.24) is 4.72 Å². The van der Waals surface area contributed by atoms with Crippen molar-refractivity contribution in [3.8, 4) is 5.75 Å². The average Bonchev–Trinajstić information content (AvgIpc) is 2.89. The number of hydrogen-bond donors (Lipinski definition) is 1. The third kappa shape index (κ3) is 13.2. The maximum absolute atomic E-state index is 13.2. The van der Waals surface area contributed by atoms with E-state index in [0.717, 1.165) is 29.7 Å². The van der Waals surface area contributed by atoms with Crippen molar-refractivity contribution in [3.05, 3.63) is 54.6 Å². The molecule has 0 aliphatic rings. The minimum absolute atomic E-state index is 0.0606. The minimum atomic E-state index is -2.00. The highest BCUT2D eigenvalue weighted by Gasteiger charge is 2.39. The second-order valence-electron chi connectivity index (χ2n) is 13.0. The Morgan fingerprint density at radius 3 is 2.24 bits per heavy atom. The lowest BCUT2D eigenvalue weighted by Crippen LogP contribution is -2.48. The normalized spacial score (nSPS) is 15.7. The highest BCUT2D eigenvalue weighted by Crippen LogP contribution is 2.37. The molecule has 0 radical (unpaired) electrons. The van der Waals surface area contributed by atoms with Gasteiger partial charge in [0.1, 0.15) is 12.5 Å². The molecule has 0 heterocycles. The van der Waals surface area contributed by atoms with Crippen molar-refractivity contribution in [2.45, 2.75) is 102 Å². The monoisotopic (exact) mass is 611 g/mol. The molecule has 0 saturated carbocycles. The van der Waals surface area contributed by atoms with Crippen molar-refractivity contribution < 1.29 is 27.6 Å². The smallest absolute Gasteiger partial charge is 0.192 e. The van der Waals surface area contributed by atoms with Gasteiger partial charge in [0.25, 0.3) is 0 Å². The van der Waals surface area contributed by atoms with Crippen molar-refractivity contribution >= 4 is 19.3 Å². The number of methoxy groups -OCH3 is 2. The summed E-state index contributed by atoms with van der Waals surface area (Å²) in [6.45, 7) is 27.1. The molecule has 0 spiro atoms. The fourth-order valence-corrected chi connectivity index (χ4v) is 5.84. The van der Waals surface area contributed by atoms with Crippen LogP contribution in [-0.2, 0) is 36.2 Å². The van der Waals surface area contributed by atoms with Crippen molar-refractivity contribution in [1.29, 1.82) is 0 Å². The zero-order chi connectivity index (χ0) is 31.3. The van der Waals surface area contributed by atoms with Crippen molar-refractivity contribution in [3.63, 3.8) is 0 Å². The molecule has 1 N–H and O–H groups in total. The first-order chi connectivity index (χ1) is 19.1. The summed E-state index contributed by atoms with van der Waals surface area (Å²) < 4.78 is 45.6. The van der Waals surface area contributed by atoms with E-state index in [2.05, 4.69) is 51.7 Å². The van der Waals surface area contributed by atoms with Gasteiger partial charge in [-0.2, -0.15) is 0 Å². The largest absolute Gasteiger partial charge is 0.497 e. The summed E-state index contributed by atoms with van der Waals surface area (Å²) in [7, 11) is -0.00365.